The SMILES string of the molecule is Cc1c(NN)nc(C2CCC2)nc1-c1ccccc1. The van der Waals surface area contributed by atoms with Crippen LogP contribution in [0.3, 0.4) is 0 Å². The topological polar surface area (TPSA) is 63.8 Å². The summed E-state index contributed by atoms with van der Waals surface area (Å²) in [6.45, 7) is 2.00. The molecule has 0 radical (unpaired) electrons. The van der Waals surface area contributed by atoms with Crippen molar-refractivity contribution in [3.8, 4) is 11.3 Å². The summed E-state index contributed by atoms with van der Waals surface area (Å²) in [5.74, 6) is 7.73. The lowest BCUT2D eigenvalue weighted by molar-refractivity contribution is 0.402. The Balaban J connectivity index is 2.11. The van der Waals surface area contributed by atoms with Gasteiger partial charge in [-0.2, -0.15) is 0 Å². The molecule has 2 aromatic rings. The largest absolute Gasteiger partial charge is 0.308 e. The molecule has 3 rings (SSSR count). The molecule has 0 bridgehead atoms. The van der Waals surface area contributed by atoms with E-state index in [1.54, 1.807) is 0 Å². The van der Waals surface area contributed by atoms with Crippen LogP contribution in [0.25, 0.3) is 11.3 Å². The molecule has 1 saturated carbocycles. The van der Waals surface area contributed by atoms with Crippen molar-refractivity contribution in [2.75, 3.05) is 5.43 Å². The molecule has 0 unspecified atom stereocenters. The number of benzene rings is 1. The van der Waals surface area contributed by atoms with Crippen LogP contribution in [-0.2, 0) is 0 Å². The van der Waals surface area contributed by atoms with E-state index in [2.05, 4.69) is 22.5 Å². The first-order valence-corrected chi connectivity index (χ1v) is 6.70. The second kappa shape index (κ2) is 4.97. The minimum Gasteiger partial charge on any atom is -0.308 e. The number of nitrogen functional groups attached to an aromatic ring is 1. The number of rotatable bonds is 3. The smallest absolute Gasteiger partial charge is 0.147 e. The normalized spacial score (nSPS) is 15.1. The molecule has 3 N–H and O–H groups in total. The summed E-state index contributed by atoms with van der Waals surface area (Å²) >= 11 is 0. The first kappa shape index (κ1) is 12.1. The molecule has 0 amide bonds. The van der Waals surface area contributed by atoms with Crippen LogP contribution in [0.5, 0.6) is 0 Å². The highest BCUT2D eigenvalue weighted by Gasteiger charge is 2.24. The lowest BCUT2D eigenvalue weighted by Gasteiger charge is -2.25. The summed E-state index contributed by atoms with van der Waals surface area (Å²) in [4.78, 5) is 9.32. The lowest BCUT2D eigenvalue weighted by Crippen LogP contribution is -2.18. The Labute approximate surface area is 113 Å². The van der Waals surface area contributed by atoms with Crippen LogP contribution in [0.15, 0.2) is 30.3 Å². The Morgan fingerprint density at radius 1 is 1.16 bits per heavy atom. The lowest BCUT2D eigenvalue weighted by atomic mass is 9.84. The molecule has 1 aromatic heterocycles. The number of anilines is 1. The molecule has 1 aliphatic rings. The van der Waals surface area contributed by atoms with E-state index in [0.717, 1.165) is 28.5 Å². The van der Waals surface area contributed by atoms with Gasteiger partial charge in [-0.05, 0) is 19.8 Å². The number of hydrogen-bond donors (Lipinski definition) is 2. The van der Waals surface area contributed by atoms with Crippen LogP contribution in [-0.4, -0.2) is 9.97 Å². The van der Waals surface area contributed by atoms with Gasteiger partial charge in [-0.3, -0.25) is 0 Å². The van der Waals surface area contributed by atoms with Crippen molar-refractivity contribution in [1.29, 1.82) is 0 Å². The standard InChI is InChI=1S/C15H18N4/c1-10-13(11-6-3-2-4-7-11)17-15(12-8-5-9-12)18-14(10)19-16/h2-4,6-7,12H,5,8-9,16H2,1H3,(H,17,18,19). The molecule has 4 nitrogen and oxygen atoms in total. The Morgan fingerprint density at radius 3 is 2.47 bits per heavy atom. The molecule has 19 heavy (non-hydrogen) atoms. The van der Waals surface area contributed by atoms with Crippen molar-refractivity contribution in [3.05, 3.63) is 41.7 Å². The fraction of sp³-hybridized carbons (Fsp3) is 0.333. The van der Waals surface area contributed by atoms with Crippen LogP contribution < -0.4 is 11.3 Å². The number of nitrogens with zero attached hydrogens (tertiary/aromatic N) is 2. The van der Waals surface area contributed by atoms with Gasteiger partial charge in [0.15, 0.2) is 0 Å². The second-order valence-corrected chi connectivity index (χ2v) is 5.04. The van der Waals surface area contributed by atoms with Gasteiger partial charge in [-0.25, -0.2) is 15.8 Å². The fourth-order valence-electron chi connectivity index (χ4n) is 2.40. The van der Waals surface area contributed by atoms with E-state index in [1.165, 1.54) is 19.3 Å². The number of nitrogens with two attached hydrogens (primary N) is 1. The van der Waals surface area contributed by atoms with Crippen molar-refractivity contribution in [2.24, 2.45) is 5.84 Å². The average Bonchev–Trinajstić information content (AvgIpc) is 2.39. The Hall–Kier alpha value is -1.94. The first-order valence-electron chi connectivity index (χ1n) is 6.70. The minimum absolute atomic E-state index is 0.496. The molecule has 1 aliphatic carbocycles. The number of nitrogens with one attached hydrogen (secondary N) is 1. The fourth-order valence-corrected chi connectivity index (χ4v) is 2.40. The van der Waals surface area contributed by atoms with E-state index < -0.39 is 0 Å². The highest BCUT2D eigenvalue weighted by atomic mass is 15.3. The summed E-state index contributed by atoms with van der Waals surface area (Å²) < 4.78 is 0. The van der Waals surface area contributed by atoms with Gasteiger partial charge >= 0.3 is 0 Å². The van der Waals surface area contributed by atoms with E-state index in [4.69, 9.17) is 10.8 Å². The molecule has 4 heteroatoms. The number of hydrogen-bond acceptors (Lipinski definition) is 4. The monoisotopic (exact) mass is 254 g/mol. The number of hydrazine groups is 1. The molecule has 1 heterocycles. The summed E-state index contributed by atoms with van der Waals surface area (Å²) in [7, 11) is 0. The average molecular weight is 254 g/mol. The maximum atomic E-state index is 5.59. The van der Waals surface area contributed by atoms with Crippen molar-refractivity contribution >= 4 is 5.82 Å². The van der Waals surface area contributed by atoms with Crippen LogP contribution in [0.1, 0.15) is 36.6 Å². The summed E-state index contributed by atoms with van der Waals surface area (Å²) in [6, 6.07) is 10.2. The molecule has 98 valence electrons. The van der Waals surface area contributed by atoms with E-state index in [1.807, 2.05) is 25.1 Å². The summed E-state index contributed by atoms with van der Waals surface area (Å²) in [5, 5.41) is 0. The zero-order valence-electron chi connectivity index (χ0n) is 11.1. The van der Waals surface area contributed by atoms with Crippen molar-refractivity contribution in [1.82, 2.24) is 9.97 Å². The first-order chi connectivity index (χ1) is 9.29. The van der Waals surface area contributed by atoms with Crippen LogP contribution in [0.2, 0.25) is 0 Å². The Morgan fingerprint density at radius 2 is 1.89 bits per heavy atom. The van der Waals surface area contributed by atoms with Gasteiger partial charge in [-0.1, -0.05) is 36.8 Å². The van der Waals surface area contributed by atoms with Gasteiger partial charge in [0.05, 0.1) is 5.69 Å². The molecular weight excluding hydrogens is 236 g/mol. The third kappa shape index (κ3) is 2.19. The van der Waals surface area contributed by atoms with Gasteiger partial charge in [0.25, 0.3) is 0 Å². The molecule has 1 fully saturated rings. The zero-order chi connectivity index (χ0) is 13.2. The van der Waals surface area contributed by atoms with Crippen molar-refractivity contribution < 1.29 is 0 Å². The van der Waals surface area contributed by atoms with Gasteiger partial charge in [0.2, 0.25) is 0 Å². The molecule has 0 atom stereocenters. The van der Waals surface area contributed by atoms with E-state index in [-0.39, 0.29) is 0 Å². The third-order valence-electron chi connectivity index (χ3n) is 3.82. The van der Waals surface area contributed by atoms with E-state index in [0.29, 0.717) is 5.92 Å². The maximum Gasteiger partial charge on any atom is 0.147 e. The highest BCUT2D eigenvalue weighted by molar-refractivity contribution is 5.68. The zero-order valence-corrected chi connectivity index (χ0v) is 11.1. The van der Waals surface area contributed by atoms with Gasteiger partial charge in [0.1, 0.15) is 11.6 Å². The summed E-state index contributed by atoms with van der Waals surface area (Å²) in [5.41, 5.74) is 5.78. The van der Waals surface area contributed by atoms with E-state index >= 15 is 0 Å². The Bertz CT molecular complexity index is 576. The predicted molar refractivity (Wildman–Crippen MR) is 76.6 cm³/mol. The maximum absolute atomic E-state index is 5.59. The van der Waals surface area contributed by atoms with Crippen molar-refractivity contribution in [3.63, 3.8) is 0 Å². The van der Waals surface area contributed by atoms with Crippen LogP contribution >= 0.6 is 0 Å². The molecule has 0 aliphatic heterocycles. The molecule has 0 spiro atoms. The highest BCUT2D eigenvalue weighted by Crippen LogP contribution is 2.36. The second-order valence-electron chi connectivity index (χ2n) is 5.04. The molecule has 0 saturated heterocycles. The quantitative estimate of drug-likeness (QED) is 0.653. The van der Waals surface area contributed by atoms with Gasteiger partial charge in [0, 0.05) is 17.0 Å². The van der Waals surface area contributed by atoms with Gasteiger partial charge < -0.3 is 5.43 Å². The predicted octanol–water partition coefficient (Wildman–Crippen LogP) is 3.01. The number of aromatic nitrogens is 2. The Kier molecular flexibility index (Phi) is 3.17. The minimum atomic E-state index is 0.496. The van der Waals surface area contributed by atoms with E-state index in [9.17, 15) is 0 Å². The van der Waals surface area contributed by atoms with Gasteiger partial charge in [-0.15, -0.1) is 0 Å². The molecular formula is C15H18N4. The summed E-state index contributed by atoms with van der Waals surface area (Å²) in [6.07, 6.45) is 3.64. The van der Waals surface area contributed by atoms with Crippen molar-refractivity contribution in [2.45, 2.75) is 32.1 Å². The van der Waals surface area contributed by atoms with Crippen LogP contribution in [0, 0.1) is 6.92 Å². The third-order valence-corrected chi connectivity index (χ3v) is 3.82. The van der Waals surface area contributed by atoms with Crippen LogP contribution in [0.4, 0.5) is 5.82 Å². The molecule has 1 aromatic carbocycles.